The van der Waals surface area contributed by atoms with E-state index in [-0.39, 0.29) is 0 Å². The SMILES string of the molecule is CN(C)C1(CNCc2nccs2)CCC1. The monoisotopic (exact) mass is 225 g/mol. The molecule has 1 aromatic rings. The average Bonchev–Trinajstić information content (AvgIpc) is 2.61. The molecule has 0 atom stereocenters. The number of aromatic nitrogens is 1. The first-order valence-corrected chi connectivity index (χ1v) is 6.37. The Bertz CT molecular complexity index is 291. The molecule has 15 heavy (non-hydrogen) atoms. The fraction of sp³-hybridized carbons (Fsp3) is 0.727. The number of rotatable bonds is 5. The van der Waals surface area contributed by atoms with Crippen molar-refractivity contribution in [2.75, 3.05) is 20.6 Å². The van der Waals surface area contributed by atoms with Gasteiger partial charge in [-0.15, -0.1) is 11.3 Å². The van der Waals surface area contributed by atoms with Gasteiger partial charge in [0.15, 0.2) is 0 Å². The first-order chi connectivity index (χ1) is 7.23. The predicted molar refractivity (Wildman–Crippen MR) is 64.1 cm³/mol. The Hall–Kier alpha value is -0.450. The minimum absolute atomic E-state index is 0.414. The van der Waals surface area contributed by atoms with Crippen molar-refractivity contribution in [2.24, 2.45) is 0 Å². The van der Waals surface area contributed by atoms with Gasteiger partial charge in [0.1, 0.15) is 5.01 Å². The highest BCUT2D eigenvalue weighted by Gasteiger charge is 2.38. The predicted octanol–water partition coefficient (Wildman–Crippen LogP) is 1.72. The van der Waals surface area contributed by atoms with E-state index in [0.29, 0.717) is 5.54 Å². The lowest BCUT2D eigenvalue weighted by atomic mass is 9.75. The van der Waals surface area contributed by atoms with Gasteiger partial charge in [-0.2, -0.15) is 0 Å². The van der Waals surface area contributed by atoms with E-state index in [1.807, 2.05) is 11.6 Å². The van der Waals surface area contributed by atoms with Crippen LogP contribution in [0.2, 0.25) is 0 Å². The van der Waals surface area contributed by atoms with Gasteiger partial charge in [-0.25, -0.2) is 4.98 Å². The lowest BCUT2D eigenvalue weighted by Crippen LogP contribution is -2.56. The van der Waals surface area contributed by atoms with Crippen molar-refractivity contribution in [1.29, 1.82) is 0 Å². The van der Waals surface area contributed by atoms with Crippen LogP contribution in [0.4, 0.5) is 0 Å². The number of likely N-dealkylation sites (N-methyl/N-ethyl adjacent to an activating group) is 1. The molecule has 2 rings (SSSR count). The van der Waals surface area contributed by atoms with Crippen molar-refractivity contribution < 1.29 is 0 Å². The minimum atomic E-state index is 0.414. The Balaban J connectivity index is 1.77. The molecule has 0 aromatic carbocycles. The van der Waals surface area contributed by atoms with Crippen molar-refractivity contribution in [3.8, 4) is 0 Å². The summed E-state index contributed by atoms with van der Waals surface area (Å²) in [6, 6.07) is 0. The second-order valence-electron chi connectivity index (χ2n) is 4.50. The summed E-state index contributed by atoms with van der Waals surface area (Å²) in [7, 11) is 4.37. The number of nitrogens with zero attached hydrogens (tertiary/aromatic N) is 2. The molecule has 3 nitrogen and oxygen atoms in total. The molecule has 0 spiro atoms. The standard InChI is InChI=1S/C11H19N3S/c1-14(2)11(4-3-5-11)9-12-8-10-13-6-7-15-10/h6-7,12H,3-5,8-9H2,1-2H3. The molecule has 0 bridgehead atoms. The molecule has 1 aromatic heterocycles. The highest BCUT2D eigenvalue weighted by Crippen LogP contribution is 2.35. The smallest absolute Gasteiger partial charge is 0.106 e. The third kappa shape index (κ3) is 2.38. The lowest BCUT2D eigenvalue weighted by Gasteiger charge is -2.47. The Morgan fingerprint density at radius 3 is 2.80 bits per heavy atom. The molecular weight excluding hydrogens is 206 g/mol. The van der Waals surface area contributed by atoms with E-state index in [2.05, 4.69) is 29.3 Å². The van der Waals surface area contributed by atoms with E-state index in [4.69, 9.17) is 0 Å². The molecule has 0 aliphatic heterocycles. The summed E-state index contributed by atoms with van der Waals surface area (Å²) in [5.41, 5.74) is 0.414. The Morgan fingerprint density at radius 1 is 1.53 bits per heavy atom. The van der Waals surface area contributed by atoms with Crippen LogP contribution in [-0.4, -0.2) is 36.1 Å². The molecule has 0 amide bonds. The molecule has 0 saturated heterocycles. The lowest BCUT2D eigenvalue weighted by molar-refractivity contribution is 0.0598. The number of hydrogen-bond donors (Lipinski definition) is 1. The maximum absolute atomic E-state index is 4.27. The van der Waals surface area contributed by atoms with Gasteiger partial charge in [-0.1, -0.05) is 0 Å². The molecule has 84 valence electrons. The van der Waals surface area contributed by atoms with Crippen molar-refractivity contribution in [1.82, 2.24) is 15.2 Å². The van der Waals surface area contributed by atoms with Crippen molar-refractivity contribution in [3.63, 3.8) is 0 Å². The molecule has 1 heterocycles. The van der Waals surface area contributed by atoms with Crippen LogP contribution in [0, 0.1) is 0 Å². The van der Waals surface area contributed by atoms with Crippen LogP contribution in [0.5, 0.6) is 0 Å². The average molecular weight is 225 g/mol. The van der Waals surface area contributed by atoms with E-state index in [9.17, 15) is 0 Å². The number of nitrogens with one attached hydrogen (secondary N) is 1. The molecule has 1 saturated carbocycles. The summed E-state index contributed by atoms with van der Waals surface area (Å²) in [4.78, 5) is 6.63. The summed E-state index contributed by atoms with van der Waals surface area (Å²) < 4.78 is 0. The van der Waals surface area contributed by atoms with Crippen LogP contribution < -0.4 is 5.32 Å². The largest absolute Gasteiger partial charge is 0.309 e. The molecule has 4 heteroatoms. The van der Waals surface area contributed by atoms with Crippen LogP contribution in [0.3, 0.4) is 0 Å². The molecule has 1 fully saturated rings. The Labute approximate surface area is 95.5 Å². The maximum Gasteiger partial charge on any atom is 0.106 e. The summed E-state index contributed by atoms with van der Waals surface area (Å²) in [5, 5.41) is 6.73. The highest BCUT2D eigenvalue weighted by molar-refractivity contribution is 7.09. The minimum Gasteiger partial charge on any atom is -0.309 e. The zero-order valence-corrected chi connectivity index (χ0v) is 10.3. The van der Waals surface area contributed by atoms with Gasteiger partial charge in [0.05, 0.1) is 0 Å². The van der Waals surface area contributed by atoms with E-state index in [1.165, 1.54) is 24.3 Å². The molecule has 0 unspecified atom stereocenters. The van der Waals surface area contributed by atoms with E-state index in [0.717, 1.165) is 13.1 Å². The third-order valence-corrected chi connectivity index (χ3v) is 4.23. The first kappa shape index (κ1) is 11.0. The Kier molecular flexibility index (Phi) is 3.38. The van der Waals surface area contributed by atoms with E-state index in [1.54, 1.807) is 11.3 Å². The fourth-order valence-corrected chi connectivity index (χ4v) is 2.70. The molecule has 1 N–H and O–H groups in total. The van der Waals surface area contributed by atoms with Crippen LogP contribution >= 0.6 is 11.3 Å². The van der Waals surface area contributed by atoms with Crippen molar-refractivity contribution in [3.05, 3.63) is 16.6 Å². The molecular formula is C11H19N3S. The second-order valence-corrected chi connectivity index (χ2v) is 5.48. The molecule has 0 radical (unpaired) electrons. The zero-order valence-electron chi connectivity index (χ0n) is 9.49. The molecule has 1 aliphatic carbocycles. The Morgan fingerprint density at radius 2 is 2.33 bits per heavy atom. The third-order valence-electron chi connectivity index (χ3n) is 3.45. The van der Waals surface area contributed by atoms with Crippen LogP contribution in [0.15, 0.2) is 11.6 Å². The summed E-state index contributed by atoms with van der Waals surface area (Å²) in [5.74, 6) is 0. The van der Waals surface area contributed by atoms with Gasteiger partial charge >= 0.3 is 0 Å². The maximum atomic E-state index is 4.27. The second kappa shape index (κ2) is 4.60. The molecule has 1 aliphatic rings. The number of thiazole rings is 1. The summed E-state index contributed by atoms with van der Waals surface area (Å²) in [6.07, 6.45) is 5.89. The van der Waals surface area contributed by atoms with Gasteiger partial charge in [0.25, 0.3) is 0 Å². The normalized spacial score (nSPS) is 19.1. The van der Waals surface area contributed by atoms with E-state index < -0.39 is 0 Å². The topological polar surface area (TPSA) is 28.2 Å². The fourth-order valence-electron chi connectivity index (χ4n) is 2.11. The van der Waals surface area contributed by atoms with Crippen molar-refractivity contribution in [2.45, 2.75) is 31.3 Å². The highest BCUT2D eigenvalue weighted by atomic mass is 32.1. The summed E-state index contributed by atoms with van der Waals surface area (Å²) in [6.45, 7) is 1.99. The van der Waals surface area contributed by atoms with Gasteiger partial charge in [-0.05, 0) is 33.4 Å². The zero-order chi connectivity index (χ0) is 10.7. The van der Waals surface area contributed by atoms with E-state index >= 15 is 0 Å². The first-order valence-electron chi connectivity index (χ1n) is 5.49. The van der Waals surface area contributed by atoms with Gasteiger partial charge < -0.3 is 10.2 Å². The van der Waals surface area contributed by atoms with Gasteiger partial charge in [-0.3, -0.25) is 0 Å². The van der Waals surface area contributed by atoms with Gasteiger partial charge in [0, 0.05) is 30.2 Å². The van der Waals surface area contributed by atoms with Crippen LogP contribution in [0.1, 0.15) is 24.3 Å². The van der Waals surface area contributed by atoms with Crippen LogP contribution in [-0.2, 0) is 6.54 Å². The van der Waals surface area contributed by atoms with Crippen LogP contribution in [0.25, 0.3) is 0 Å². The van der Waals surface area contributed by atoms with Gasteiger partial charge in [0.2, 0.25) is 0 Å². The number of hydrogen-bond acceptors (Lipinski definition) is 4. The van der Waals surface area contributed by atoms with Crippen molar-refractivity contribution >= 4 is 11.3 Å². The summed E-state index contributed by atoms with van der Waals surface area (Å²) >= 11 is 1.72. The quantitative estimate of drug-likeness (QED) is 0.827.